The van der Waals surface area contributed by atoms with Gasteiger partial charge in [0, 0.05) is 11.8 Å². The lowest BCUT2D eigenvalue weighted by atomic mass is 10.3. The second-order valence-corrected chi connectivity index (χ2v) is 3.49. The van der Waals surface area contributed by atoms with Gasteiger partial charge in [-0.3, -0.25) is 0 Å². The topological polar surface area (TPSA) is 12.9 Å². The molecule has 0 unspecified atom stereocenters. The Hall–Kier alpha value is -0.0500. The van der Waals surface area contributed by atoms with E-state index in [0.717, 1.165) is 0 Å². The SMILES string of the molecule is FC(Cl)(Cl)c1ccc(Cl)nc1. The van der Waals surface area contributed by atoms with Gasteiger partial charge in [0.2, 0.25) is 0 Å². The van der Waals surface area contributed by atoms with E-state index in [1.54, 1.807) is 0 Å². The normalized spacial score (nSPS) is 11.6. The van der Waals surface area contributed by atoms with E-state index >= 15 is 0 Å². The predicted octanol–water partition coefficient (Wildman–Crippen LogP) is 3.29. The monoisotopic (exact) mass is 213 g/mol. The predicted molar refractivity (Wildman–Crippen MR) is 43.7 cm³/mol. The van der Waals surface area contributed by atoms with E-state index in [2.05, 4.69) is 4.98 Å². The molecule has 0 aromatic carbocycles. The molecule has 0 aliphatic rings. The molecule has 1 aromatic rings. The van der Waals surface area contributed by atoms with Gasteiger partial charge in [-0.05, 0) is 12.1 Å². The molecule has 60 valence electrons. The van der Waals surface area contributed by atoms with E-state index in [-0.39, 0.29) is 10.7 Å². The largest absolute Gasteiger partial charge is 0.284 e. The van der Waals surface area contributed by atoms with E-state index in [1.165, 1.54) is 18.3 Å². The van der Waals surface area contributed by atoms with E-state index in [9.17, 15) is 4.39 Å². The van der Waals surface area contributed by atoms with Gasteiger partial charge in [-0.15, -0.1) is 0 Å². The van der Waals surface area contributed by atoms with Crippen LogP contribution in [0.25, 0.3) is 0 Å². The zero-order valence-corrected chi connectivity index (χ0v) is 7.46. The Morgan fingerprint density at radius 3 is 2.36 bits per heavy atom. The maximum absolute atomic E-state index is 12.7. The van der Waals surface area contributed by atoms with Crippen LogP contribution in [0.15, 0.2) is 18.3 Å². The molecule has 0 atom stereocenters. The number of rotatable bonds is 1. The Bertz CT molecular complexity index is 241. The quantitative estimate of drug-likeness (QED) is 0.516. The van der Waals surface area contributed by atoms with Gasteiger partial charge in [0.25, 0.3) is 4.59 Å². The van der Waals surface area contributed by atoms with Crippen LogP contribution in [0.4, 0.5) is 4.39 Å². The highest BCUT2D eigenvalue weighted by atomic mass is 35.5. The first-order valence-electron chi connectivity index (χ1n) is 2.69. The minimum Gasteiger partial charge on any atom is -0.244 e. The first kappa shape index (κ1) is 9.04. The summed E-state index contributed by atoms with van der Waals surface area (Å²) in [5.74, 6) is 0. The summed E-state index contributed by atoms with van der Waals surface area (Å²) in [6, 6.07) is 2.78. The summed E-state index contributed by atoms with van der Waals surface area (Å²) in [6.07, 6.45) is 1.18. The number of hydrogen-bond acceptors (Lipinski definition) is 1. The molecular weight excluding hydrogens is 211 g/mol. The molecule has 1 aromatic heterocycles. The van der Waals surface area contributed by atoms with Gasteiger partial charge in [-0.25, -0.2) is 9.37 Å². The van der Waals surface area contributed by atoms with Crippen molar-refractivity contribution in [2.45, 2.75) is 4.59 Å². The average Bonchev–Trinajstić information content (AvgIpc) is 1.86. The van der Waals surface area contributed by atoms with Crippen molar-refractivity contribution in [2.24, 2.45) is 0 Å². The summed E-state index contributed by atoms with van der Waals surface area (Å²) < 4.78 is 10.3. The highest BCUT2D eigenvalue weighted by Gasteiger charge is 2.25. The summed E-state index contributed by atoms with van der Waals surface area (Å²) in [5.41, 5.74) is 0.0743. The lowest BCUT2D eigenvalue weighted by Crippen LogP contribution is -2.01. The Morgan fingerprint density at radius 1 is 1.36 bits per heavy atom. The molecule has 0 radical (unpaired) electrons. The molecule has 0 bridgehead atoms. The zero-order chi connectivity index (χ0) is 8.48. The minimum absolute atomic E-state index is 0.0743. The maximum Gasteiger partial charge on any atom is 0.284 e. The molecule has 0 amide bonds. The van der Waals surface area contributed by atoms with Crippen molar-refractivity contribution in [3.05, 3.63) is 29.0 Å². The van der Waals surface area contributed by atoms with Crippen molar-refractivity contribution in [1.29, 1.82) is 0 Å². The van der Waals surface area contributed by atoms with Gasteiger partial charge in [0.15, 0.2) is 0 Å². The zero-order valence-electron chi connectivity index (χ0n) is 5.19. The molecule has 1 nitrogen and oxygen atoms in total. The molecule has 0 spiro atoms. The molecular formula is C6H3Cl3FN. The lowest BCUT2D eigenvalue weighted by Gasteiger charge is -2.07. The molecule has 1 heterocycles. The second-order valence-electron chi connectivity index (χ2n) is 1.87. The number of halogens is 4. The van der Waals surface area contributed by atoms with Gasteiger partial charge < -0.3 is 0 Å². The van der Waals surface area contributed by atoms with Crippen molar-refractivity contribution in [1.82, 2.24) is 4.98 Å². The van der Waals surface area contributed by atoms with Crippen molar-refractivity contribution in [3.8, 4) is 0 Å². The summed E-state index contributed by atoms with van der Waals surface area (Å²) in [6.45, 7) is 0. The molecule has 1 rings (SSSR count). The van der Waals surface area contributed by atoms with Crippen LogP contribution in [0.3, 0.4) is 0 Å². The number of aromatic nitrogens is 1. The first-order valence-corrected chi connectivity index (χ1v) is 3.82. The fraction of sp³-hybridized carbons (Fsp3) is 0.167. The van der Waals surface area contributed by atoms with Gasteiger partial charge in [0.1, 0.15) is 5.15 Å². The van der Waals surface area contributed by atoms with Crippen LogP contribution in [0.5, 0.6) is 0 Å². The maximum atomic E-state index is 12.7. The van der Waals surface area contributed by atoms with E-state index in [0.29, 0.717) is 0 Å². The molecule has 11 heavy (non-hydrogen) atoms. The summed E-state index contributed by atoms with van der Waals surface area (Å²) in [5, 5.41) is 0.270. The highest BCUT2D eigenvalue weighted by Crippen LogP contribution is 2.34. The number of nitrogens with zero attached hydrogens (tertiary/aromatic N) is 1. The Labute approximate surface area is 78.1 Å². The third-order valence-corrected chi connectivity index (χ3v) is 1.71. The molecule has 0 aliphatic heterocycles. The van der Waals surface area contributed by atoms with Gasteiger partial charge in [0.05, 0.1) is 0 Å². The van der Waals surface area contributed by atoms with Crippen LogP contribution >= 0.6 is 34.8 Å². The van der Waals surface area contributed by atoms with E-state index in [4.69, 9.17) is 34.8 Å². The smallest absolute Gasteiger partial charge is 0.244 e. The molecule has 5 heteroatoms. The van der Waals surface area contributed by atoms with Crippen LogP contribution in [0.2, 0.25) is 5.15 Å². The summed E-state index contributed by atoms with van der Waals surface area (Å²) >= 11 is 15.7. The molecule has 0 N–H and O–H groups in total. The van der Waals surface area contributed by atoms with Crippen molar-refractivity contribution in [3.63, 3.8) is 0 Å². The highest BCUT2D eigenvalue weighted by molar-refractivity contribution is 6.46. The first-order chi connectivity index (χ1) is 5.00. The Kier molecular flexibility index (Phi) is 2.58. The Balaban J connectivity index is 2.99. The summed E-state index contributed by atoms with van der Waals surface area (Å²) in [7, 11) is 0. The second kappa shape index (κ2) is 3.13. The average molecular weight is 214 g/mol. The third-order valence-electron chi connectivity index (χ3n) is 1.05. The Morgan fingerprint density at radius 2 is 2.00 bits per heavy atom. The van der Waals surface area contributed by atoms with E-state index < -0.39 is 4.59 Å². The third kappa shape index (κ3) is 2.47. The van der Waals surface area contributed by atoms with Gasteiger partial charge >= 0.3 is 0 Å². The van der Waals surface area contributed by atoms with Crippen LogP contribution in [-0.2, 0) is 4.59 Å². The number of alkyl halides is 3. The van der Waals surface area contributed by atoms with Crippen LogP contribution in [0.1, 0.15) is 5.56 Å². The van der Waals surface area contributed by atoms with Crippen LogP contribution in [-0.4, -0.2) is 4.98 Å². The minimum atomic E-state index is -2.39. The van der Waals surface area contributed by atoms with Crippen molar-refractivity contribution >= 4 is 34.8 Å². The number of hydrogen-bond donors (Lipinski definition) is 0. The van der Waals surface area contributed by atoms with Crippen LogP contribution in [0, 0.1) is 0 Å². The molecule has 0 fully saturated rings. The van der Waals surface area contributed by atoms with Gasteiger partial charge in [-0.2, -0.15) is 0 Å². The molecule has 0 saturated heterocycles. The van der Waals surface area contributed by atoms with E-state index in [1.807, 2.05) is 0 Å². The van der Waals surface area contributed by atoms with Crippen molar-refractivity contribution in [2.75, 3.05) is 0 Å². The fourth-order valence-electron chi connectivity index (χ4n) is 0.544. The summed E-state index contributed by atoms with van der Waals surface area (Å²) in [4.78, 5) is 3.60. The lowest BCUT2D eigenvalue weighted by molar-refractivity contribution is 0.404. The fourth-order valence-corrected chi connectivity index (χ4v) is 0.879. The van der Waals surface area contributed by atoms with Gasteiger partial charge in [-0.1, -0.05) is 34.8 Å². The standard InChI is InChI=1S/C6H3Cl3FN/c7-5-2-1-4(3-11-5)6(8,9)10/h1-3H. The number of pyridine rings is 1. The van der Waals surface area contributed by atoms with Crippen LogP contribution < -0.4 is 0 Å². The molecule has 0 saturated carbocycles. The van der Waals surface area contributed by atoms with Crippen molar-refractivity contribution < 1.29 is 4.39 Å². The molecule has 0 aliphatic carbocycles.